The van der Waals surface area contributed by atoms with Crippen molar-refractivity contribution in [2.75, 3.05) is 13.2 Å². The van der Waals surface area contributed by atoms with Crippen molar-refractivity contribution in [3.8, 4) is 0 Å². The minimum Gasteiger partial charge on any atom is -0.394 e. The van der Waals surface area contributed by atoms with Gasteiger partial charge < -0.3 is 10.8 Å². The van der Waals surface area contributed by atoms with Crippen LogP contribution in [-0.4, -0.2) is 46.3 Å². The SMILES string of the molecule is CCCCCCCCCCCCCC(=O)CCN(O)C(=O)[C@@H](N)CO. The van der Waals surface area contributed by atoms with Gasteiger partial charge in [0.15, 0.2) is 0 Å². The molecule has 0 bridgehead atoms. The highest BCUT2D eigenvalue weighted by Crippen LogP contribution is 2.12. The summed E-state index contributed by atoms with van der Waals surface area (Å²) in [5.74, 6) is -0.717. The number of amides is 1. The number of unbranched alkanes of at least 4 members (excludes halogenated alkanes) is 10. The number of hydrogen-bond donors (Lipinski definition) is 3. The van der Waals surface area contributed by atoms with Gasteiger partial charge in [-0.05, 0) is 6.42 Å². The first-order valence-electron chi connectivity index (χ1n) is 9.91. The van der Waals surface area contributed by atoms with E-state index in [1.54, 1.807) is 0 Å². The third-order valence-corrected chi connectivity index (χ3v) is 4.43. The fraction of sp³-hybridized carbons (Fsp3) is 0.895. The molecule has 0 fully saturated rings. The van der Waals surface area contributed by atoms with E-state index in [0.717, 1.165) is 19.3 Å². The third kappa shape index (κ3) is 13.9. The van der Waals surface area contributed by atoms with Crippen LogP contribution in [-0.2, 0) is 9.59 Å². The molecule has 0 aliphatic heterocycles. The summed E-state index contributed by atoms with van der Waals surface area (Å²) in [5, 5.41) is 18.6. The molecule has 1 amide bonds. The molecule has 1 atom stereocenters. The molecule has 0 spiro atoms. The Labute approximate surface area is 152 Å². The fourth-order valence-electron chi connectivity index (χ4n) is 2.72. The van der Waals surface area contributed by atoms with Crippen molar-refractivity contribution in [1.29, 1.82) is 0 Å². The zero-order chi connectivity index (χ0) is 18.9. The largest absolute Gasteiger partial charge is 0.394 e. The maximum atomic E-state index is 11.7. The minimum atomic E-state index is -1.13. The first-order chi connectivity index (χ1) is 12.0. The Hall–Kier alpha value is -0.980. The molecule has 0 aliphatic carbocycles. The van der Waals surface area contributed by atoms with Crippen LogP contribution in [0, 0.1) is 0 Å². The van der Waals surface area contributed by atoms with E-state index >= 15 is 0 Å². The van der Waals surface area contributed by atoms with E-state index in [-0.39, 0.29) is 18.7 Å². The van der Waals surface area contributed by atoms with Crippen LogP contribution in [0.2, 0.25) is 0 Å². The van der Waals surface area contributed by atoms with Crippen LogP contribution in [0.25, 0.3) is 0 Å². The Morgan fingerprint density at radius 2 is 1.36 bits per heavy atom. The predicted molar refractivity (Wildman–Crippen MR) is 99.3 cm³/mol. The Bertz CT molecular complexity index is 350. The van der Waals surface area contributed by atoms with Gasteiger partial charge in [-0.25, -0.2) is 5.06 Å². The Balaban J connectivity index is 3.45. The molecule has 0 radical (unpaired) electrons. The van der Waals surface area contributed by atoms with E-state index < -0.39 is 18.6 Å². The molecule has 6 nitrogen and oxygen atoms in total. The molecule has 0 aromatic heterocycles. The highest BCUT2D eigenvalue weighted by Gasteiger charge is 2.19. The lowest BCUT2D eigenvalue weighted by Gasteiger charge is -2.17. The summed E-state index contributed by atoms with van der Waals surface area (Å²) < 4.78 is 0. The molecule has 0 saturated heterocycles. The number of hydroxylamine groups is 2. The van der Waals surface area contributed by atoms with Crippen molar-refractivity contribution in [3.63, 3.8) is 0 Å². The second kappa shape index (κ2) is 16.5. The van der Waals surface area contributed by atoms with E-state index in [9.17, 15) is 14.8 Å². The van der Waals surface area contributed by atoms with Gasteiger partial charge in [0.1, 0.15) is 11.8 Å². The number of Topliss-reactive ketones (excluding diaryl/α,β-unsaturated/α-hetero) is 1. The monoisotopic (exact) mass is 358 g/mol. The molecule has 0 saturated carbocycles. The van der Waals surface area contributed by atoms with Crippen LogP contribution in [0.15, 0.2) is 0 Å². The highest BCUT2D eigenvalue weighted by atomic mass is 16.5. The van der Waals surface area contributed by atoms with Crippen LogP contribution < -0.4 is 5.73 Å². The van der Waals surface area contributed by atoms with Gasteiger partial charge >= 0.3 is 0 Å². The van der Waals surface area contributed by atoms with Crippen molar-refractivity contribution in [2.45, 2.75) is 96.4 Å². The van der Waals surface area contributed by atoms with Crippen LogP contribution in [0.4, 0.5) is 0 Å². The van der Waals surface area contributed by atoms with Gasteiger partial charge in [0.25, 0.3) is 5.91 Å². The summed E-state index contributed by atoms with van der Waals surface area (Å²) in [6.07, 6.45) is 14.2. The lowest BCUT2D eigenvalue weighted by atomic mass is 10.0. The Morgan fingerprint density at radius 1 is 0.880 bits per heavy atom. The molecular weight excluding hydrogens is 320 g/mol. The van der Waals surface area contributed by atoms with Gasteiger partial charge in [0.05, 0.1) is 13.2 Å². The minimum absolute atomic E-state index is 0.0420. The van der Waals surface area contributed by atoms with E-state index in [2.05, 4.69) is 6.92 Å². The normalized spacial score (nSPS) is 12.2. The summed E-state index contributed by atoms with van der Waals surface area (Å²) in [4.78, 5) is 23.2. The topological polar surface area (TPSA) is 104 Å². The molecule has 0 aromatic rings. The molecular formula is C19H38N2O4. The smallest absolute Gasteiger partial charge is 0.265 e. The summed E-state index contributed by atoms with van der Waals surface area (Å²) in [6.45, 7) is 1.64. The third-order valence-electron chi connectivity index (χ3n) is 4.43. The number of aliphatic hydroxyl groups is 1. The van der Waals surface area contributed by atoms with Gasteiger partial charge in [-0.3, -0.25) is 14.8 Å². The lowest BCUT2D eigenvalue weighted by Crippen LogP contribution is -2.44. The zero-order valence-corrected chi connectivity index (χ0v) is 15.9. The number of nitrogens with two attached hydrogens (primary N) is 1. The number of nitrogens with zero attached hydrogens (tertiary/aromatic N) is 1. The molecule has 0 aliphatic rings. The first-order valence-corrected chi connectivity index (χ1v) is 9.91. The zero-order valence-electron chi connectivity index (χ0n) is 15.9. The number of carbonyl (C=O) groups is 2. The van der Waals surface area contributed by atoms with Crippen LogP contribution in [0.3, 0.4) is 0 Å². The molecule has 0 heterocycles. The second-order valence-electron chi connectivity index (χ2n) is 6.82. The summed E-state index contributed by atoms with van der Waals surface area (Å²) >= 11 is 0. The standard InChI is InChI=1S/C19H38N2O4/c1-2-3-4-5-6-7-8-9-10-11-12-13-17(23)14-15-21(25)19(24)18(20)16-22/h18,22,25H,2-16,20H2,1H3/t18-/m0/s1. The van der Waals surface area contributed by atoms with E-state index in [4.69, 9.17) is 10.8 Å². The summed E-state index contributed by atoms with van der Waals surface area (Å²) in [6, 6.07) is -1.13. The van der Waals surface area contributed by atoms with Gasteiger partial charge in [-0.15, -0.1) is 0 Å². The number of hydrogen-bond acceptors (Lipinski definition) is 5. The average molecular weight is 359 g/mol. The Kier molecular flexibility index (Phi) is 15.8. The molecule has 0 rings (SSSR count). The number of ketones is 1. The number of carbonyl (C=O) groups excluding carboxylic acids is 2. The molecule has 6 heteroatoms. The van der Waals surface area contributed by atoms with Crippen molar-refractivity contribution in [1.82, 2.24) is 5.06 Å². The van der Waals surface area contributed by atoms with Crippen molar-refractivity contribution >= 4 is 11.7 Å². The molecule has 0 aromatic carbocycles. The maximum absolute atomic E-state index is 11.7. The first kappa shape index (κ1) is 24.0. The average Bonchev–Trinajstić information content (AvgIpc) is 2.62. The van der Waals surface area contributed by atoms with Gasteiger partial charge in [-0.1, -0.05) is 71.1 Å². The van der Waals surface area contributed by atoms with Gasteiger partial charge in [-0.2, -0.15) is 0 Å². The molecule has 0 unspecified atom stereocenters. The van der Waals surface area contributed by atoms with Crippen molar-refractivity contribution in [3.05, 3.63) is 0 Å². The summed E-state index contributed by atoms with van der Waals surface area (Å²) in [7, 11) is 0. The van der Waals surface area contributed by atoms with Gasteiger partial charge in [0, 0.05) is 12.8 Å². The fourth-order valence-corrected chi connectivity index (χ4v) is 2.72. The maximum Gasteiger partial charge on any atom is 0.265 e. The van der Waals surface area contributed by atoms with Crippen LogP contribution in [0.1, 0.15) is 90.4 Å². The molecule has 148 valence electrons. The van der Waals surface area contributed by atoms with E-state index in [0.29, 0.717) is 11.5 Å². The second-order valence-corrected chi connectivity index (χ2v) is 6.82. The van der Waals surface area contributed by atoms with Gasteiger partial charge in [0.2, 0.25) is 0 Å². The number of aliphatic hydroxyl groups excluding tert-OH is 1. The molecule has 25 heavy (non-hydrogen) atoms. The molecule has 4 N–H and O–H groups in total. The van der Waals surface area contributed by atoms with E-state index in [1.165, 1.54) is 51.4 Å². The van der Waals surface area contributed by atoms with Crippen molar-refractivity contribution < 1.29 is 19.9 Å². The Morgan fingerprint density at radius 3 is 1.84 bits per heavy atom. The van der Waals surface area contributed by atoms with Crippen LogP contribution in [0.5, 0.6) is 0 Å². The van der Waals surface area contributed by atoms with Crippen molar-refractivity contribution in [2.24, 2.45) is 5.73 Å². The quantitative estimate of drug-likeness (QED) is 0.210. The van der Waals surface area contributed by atoms with E-state index in [1.807, 2.05) is 0 Å². The predicted octanol–water partition coefficient (Wildman–Crippen LogP) is 3.18. The lowest BCUT2D eigenvalue weighted by molar-refractivity contribution is -0.168. The summed E-state index contributed by atoms with van der Waals surface area (Å²) in [5.41, 5.74) is 5.32. The highest BCUT2D eigenvalue weighted by molar-refractivity contribution is 5.82. The van der Waals surface area contributed by atoms with Crippen LogP contribution >= 0.6 is 0 Å². The number of rotatable bonds is 17.